The average Bonchev–Trinajstić information content (AvgIpc) is 3.03. The van der Waals surface area contributed by atoms with E-state index in [9.17, 15) is 5.11 Å². The van der Waals surface area contributed by atoms with Crippen LogP contribution < -0.4 is 4.74 Å². The van der Waals surface area contributed by atoms with Crippen molar-refractivity contribution < 1.29 is 9.84 Å². The van der Waals surface area contributed by atoms with Gasteiger partial charge in [-0.3, -0.25) is 0 Å². The molecule has 2 rings (SSSR count). The van der Waals surface area contributed by atoms with Gasteiger partial charge in [0.15, 0.2) is 0 Å². The second kappa shape index (κ2) is 4.99. The summed E-state index contributed by atoms with van der Waals surface area (Å²) >= 11 is 3.40. The highest BCUT2D eigenvalue weighted by Gasteiger charge is 2.31. The lowest BCUT2D eigenvalue weighted by molar-refractivity contribution is 0.147. The zero-order valence-electron chi connectivity index (χ0n) is 8.53. The van der Waals surface area contributed by atoms with Crippen LogP contribution in [-0.4, -0.2) is 18.3 Å². The van der Waals surface area contributed by atoms with Crippen LogP contribution >= 0.6 is 15.9 Å². The molecule has 82 valence electrons. The first-order chi connectivity index (χ1) is 7.29. The van der Waals surface area contributed by atoms with Crippen molar-refractivity contribution in [1.29, 1.82) is 0 Å². The Morgan fingerprint density at radius 2 is 2.27 bits per heavy atom. The summed E-state index contributed by atoms with van der Waals surface area (Å²) < 4.78 is 6.67. The molecule has 0 saturated heterocycles. The van der Waals surface area contributed by atoms with E-state index < -0.39 is 0 Å². The Labute approximate surface area is 98.4 Å². The molecule has 2 nitrogen and oxygen atoms in total. The van der Waals surface area contributed by atoms with Crippen molar-refractivity contribution in [2.45, 2.75) is 12.8 Å². The Bertz CT molecular complexity index is 323. The van der Waals surface area contributed by atoms with Crippen molar-refractivity contribution >= 4 is 15.9 Å². The Balaban J connectivity index is 1.86. The predicted octanol–water partition coefficient (Wildman–Crippen LogP) is 2.85. The molecule has 0 heterocycles. The van der Waals surface area contributed by atoms with E-state index in [2.05, 4.69) is 15.9 Å². The third-order valence-electron chi connectivity index (χ3n) is 2.78. The molecule has 0 aliphatic heterocycles. The van der Waals surface area contributed by atoms with Gasteiger partial charge in [-0.1, -0.05) is 22.0 Å². The van der Waals surface area contributed by atoms with Gasteiger partial charge in [0.2, 0.25) is 0 Å². The Hall–Kier alpha value is -0.540. The van der Waals surface area contributed by atoms with Gasteiger partial charge in [0, 0.05) is 17.0 Å². The molecule has 0 spiro atoms. The molecule has 1 fully saturated rings. The molecule has 0 bridgehead atoms. The van der Waals surface area contributed by atoms with Crippen molar-refractivity contribution in [3.63, 3.8) is 0 Å². The second-order valence-electron chi connectivity index (χ2n) is 4.05. The lowest BCUT2D eigenvalue weighted by Crippen LogP contribution is -2.17. The number of aliphatic hydroxyl groups is 1. The Morgan fingerprint density at radius 3 is 2.87 bits per heavy atom. The normalized spacial score (nSPS) is 17.5. The summed E-state index contributed by atoms with van der Waals surface area (Å²) in [7, 11) is 0. The lowest BCUT2D eigenvalue weighted by Gasteiger charge is -2.14. The van der Waals surface area contributed by atoms with Crippen LogP contribution in [0.3, 0.4) is 0 Å². The molecule has 1 saturated carbocycles. The summed E-state index contributed by atoms with van der Waals surface area (Å²) in [5, 5.41) is 9.18. The van der Waals surface area contributed by atoms with Gasteiger partial charge in [0.1, 0.15) is 5.75 Å². The zero-order valence-corrected chi connectivity index (χ0v) is 10.1. The van der Waals surface area contributed by atoms with Crippen molar-refractivity contribution in [2.75, 3.05) is 13.2 Å². The highest BCUT2D eigenvalue weighted by Crippen LogP contribution is 2.36. The van der Waals surface area contributed by atoms with Gasteiger partial charge in [-0.15, -0.1) is 0 Å². The minimum atomic E-state index is 0.235. The molecule has 1 aliphatic carbocycles. The van der Waals surface area contributed by atoms with Crippen LogP contribution in [0.1, 0.15) is 12.8 Å². The molecule has 0 aromatic heterocycles. The zero-order chi connectivity index (χ0) is 10.7. The summed E-state index contributed by atoms with van der Waals surface area (Å²) in [5.41, 5.74) is 0. The van der Waals surface area contributed by atoms with E-state index in [1.54, 1.807) is 0 Å². The second-order valence-corrected chi connectivity index (χ2v) is 4.96. The van der Waals surface area contributed by atoms with Crippen molar-refractivity contribution in [3.05, 3.63) is 28.7 Å². The maximum Gasteiger partial charge on any atom is 0.120 e. The summed E-state index contributed by atoms with van der Waals surface area (Å²) in [6.07, 6.45) is 2.49. The number of aliphatic hydroxyl groups excluding tert-OH is 1. The fourth-order valence-electron chi connectivity index (χ4n) is 1.67. The number of rotatable bonds is 5. The highest BCUT2D eigenvalue weighted by atomic mass is 79.9. The molecule has 15 heavy (non-hydrogen) atoms. The van der Waals surface area contributed by atoms with Crippen LogP contribution in [0.25, 0.3) is 0 Å². The van der Waals surface area contributed by atoms with Crippen molar-refractivity contribution in [3.8, 4) is 5.75 Å². The fraction of sp³-hybridized carbons (Fsp3) is 0.500. The summed E-state index contributed by atoms with van der Waals surface area (Å²) in [4.78, 5) is 0. The molecule has 1 atom stereocenters. The van der Waals surface area contributed by atoms with Gasteiger partial charge in [-0.05, 0) is 37.0 Å². The van der Waals surface area contributed by atoms with E-state index in [0.717, 1.165) is 10.2 Å². The molecule has 1 aromatic rings. The van der Waals surface area contributed by atoms with Gasteiger partial charge in [-0.25, -0.2) is 0 Å². The lowest BCUT2D eigenvalue weighted by atomic mass is 10.1. The Morgan fingerprint density at radius 1 is 1.47 bits per heavy atom. The van der Waals surface area contributed by atoms with Crippen molar-refractivity contribution in [2.24, 2.45) is 11.8 Å². The molecular formula is C12H15BrO2. The quantitative estimate of drug-likeness (QED) is 0.892. The van der Waals surface area contributed by atoms with E-state index in [1.165, 1.54) is 12.8 Å². The molecular weight excluding hydrogens is 256 g/mol. The molecule has 0 amide bonds. The maximum absolute atomic E-state index is 9.18. The van der Waals surface area contributed by atoms with E-state index in [-0.39, 0.29) is 6.61 Å². The largest absolute Gasteiger partial charge is 0.493 e. The molecule has 1 aromatic carbocycles. The van der Waals surface area contributed by atoms with Crippen molar-refractivity contribution in [1.82, 2.24) is 0 Å². The van der Waals surface area contributed by atoms with Gasteiger partial charge >= 0.3 is 0 Å². The minimum Gasteiger partial charge on any atom is -0.493 e. The van der Waals surface area contributed by atoms with Crippen LogP contribution in [0.15, 0.2) is 28.7 Å². The van der Waals surface area contributed by atoms with Gasteiger partial charge in [0.05, 0.1) is 6.61 Å². The summed E-state index contributed by atoms with van der Waals surface area (Å²) in [5.74, 6) is 1.86. The monoisotopic (exact) mass is 270 g/mol. The standard InChI is InChI=1S/C12H15BrO2/c13-11-2-1-3-12(6-11)15-8-10(7-14)9-4-5-9/h1-3,6,9-10,14H,4-5,7-8H2. The van der Waals surface area contributed by atoms with E-state index in [4.69, 9.17) is 4.74 Å². The predicted molar refractivity (Wildman–Crippen MR) is 62.9 cm³/mol. The molecule has 0 radical (unpaired) electrons. The van der Waals surface area contributed by atoms with Crippen LogP contribution in [0.4, 0.5) is 0 Å². The maximum atomic E-state index is 9.18. The molecule has 3 heteroatoms. The molecule has 1 unspecified atom stereocenters. The van der Waals surface area contributed by atoms with Gasteiger partial charge < -0.3 is 9.84 Å². The third kappa shape index (κ3) is 3.21. The number of halogens is 1. The summed E-state index contributed by atoms with van der Waals surface area (Å²) in [6.45, 7) is 0.857. The molecule has 1 N–H and O–H groups in total. The topological polar surface area (TPSA) is 29.5 Å². The van der Waals surface area contributed by atoms with Gasteiger partial charge in [-0.2, -0.15) is 0 Å². The van der Waals surface area contributed by atoms with E-state index >= 15 is 0 Å². The third-order valence-corrected chi connectivity index (χ3v) is 3.28. The van der Waals surface area contributed by atoms with E-state index in [1.807, 2.05) is 24.3 Å². The fourth-order valence-corrected chi connectivity index (χ4v) is 2.04. The number of hydrogen-bond donors (Lipinski definition) is 1. The SMILES string of the molecule is OCC(COc1cccc(Br)c1)C1CC1. The van der Waals surface area contributed by atoms with Gasteiger partial charge in [0.25, 0.3) is 0 Å². The Kier molecular flexibility index (Phi) is 3.65. The van der Waals surface area contributed by atoms with Crippen LogP contribution in [-0.2, 0) is 0 Å². The number of benzene rings is 1. The van der Waals surface area contributed by atoms with E-state index in [0.29, 0.717) is 18.4 Å². The first kappa shape index (κ1) is 11.0. The number of hydrogen-bond acceptors (Lipinski definition) is 2. The smallest absolute Gasteiger partial charge is 0.120 e. The average molecular weight is 271 g/mol. The van der Waals surface area contributed by atoms with Crippen LogP contribution in [0, 0.1) is 11.8 Å². The first-order valence-electron chi connectivity index (χ1n) is 5.29. The summed E-state index contributed by atoms with van der Waals surface area (Å²) in [6, 6.07) is 7.80. The highest BCUT2D eigenvalue weighted by molar-refractivity contribution is 9.10. The van der Waals surface area contributed by atoms with Crippen LogP contribution in [0.2, 0.25) is 0 Å². The minimum absolute atomic E-state index is 0.235. The number of ether oxygens (including phenoxy) is 1. The van der Waals surface area contributed by atoms with Crippen LogP contribution in [0.5, 0.6) is 5.75 Å². The first-order valence-corrected chi connectivity index (χ1v) is 6.08. The molecule has 1 aliphatic rings.